The van der Waals surface area contributed by atoms with Gasteiger partial charge in [-0.3, -0.25) is 0 Å². The summed E-state index contributed by atoms with van der Waals surface area (Å²) in [4.78, 5) is 0. The van der Waals surface area contributed by atoms with E-state index in [4.69, 9.17) is 0 Å². The molecule has 0 N–H and O–H groups in total. The van der Waals surface area contributed by atoms with E-state index in [9.17, 15) is 0 Å². The molecule has 0 aromatic heterocycles. The molecule has 2 aliphatic rings. The molecule has 0 nitrogen and oxygen atoms in total. The molecule has 2 aliphatic carbocycles. The number of allylic oxidation sites excluding steroid dienone is 4. The Morgan fingerprint density at radius 2 is 1.93 bits per heavy atom. The average Bonchev–Trinajstić information content (AvgIpc) is 2.71. The summed E-state index contributed by atoms with van der Waals surface area (Å²) in [6.07, 6.45) is 6.20. The first-order chi connectivity index (χ1) is 7.19. The molecule has 0 fully saturated rings. The summed E-state index contributed by atoms with van der Waals surface area (Å²) in [6.45, 7) is 4.62. The molecule has 15 heavy (non-hydrogen) atoms. The number of hydrogen-bond acceptors (Lipinski definition) is 0. The second-order valence-electron chi connectivity index (χ2n) is 5.04. The fourth-order valence-corrected chi connectivity index (χ4v) is 2.92. The van der Waals surface area contributed by atoms with Crippen LogP contribution in [0, 0.1) is 11.3 Å². The number of hydrogen-bond donors (Lipinski definition) is 0. The van der Waals surface area contributed by atoms with Crippen LogP contribution in [0.2, 0.25) is 0 Å². The highest BCUT2D eigenvalue weighted by molar-refractivity contribution is 5.75. The van der Waals surface area contributed by atoms with Gasteiger partial charge in [0.15, 0.2) is 0 Å². The Labute approximate surface area is 91.3 Å². The van der Waals surface area contributed by atoms with E-state index in [-0.39, 0.29) is 0 Å². The molecule has 0 spiro atoms. The predicted molar refractivity (Wildman–Crippen MR) is 64.4 cm³/mol. The van der Waals surface area contributed by atoms with Gasteiger partial charge in [0, 0.05) is 11.3 Å². The second-order valence-corrected chi connectivity index (χ2v) is 5.04. The maximum absolute atomic E-state index is 2.47. The van der Waals surface area contributed by atoms with Crippen LogP contribution in [0.4, 0.5) is 0 Å². The summed E-state index contributed by atoms with van der Waals surface area (Å²) in [6, 6.07) is 10.8. The van der Waals surface area contributed by atoms with Crippen molar-refractivity contribution in [1.29, 1.82) is 0 Å². The standard InChI is InChI=1S/C15H16/c1-11-8-13-9-15(11,2)10-14(13)12-6-4-3-5-7-12/h3-8,10,13H,9H2,1-2H3. The lowest BCUT2D eigenvalue weighted by Gasteiger charge is -2.19. The quantitative estimate of drug-likeness (QED) is 0.594. The third-order valence-electron chi connectivity index (χ3n) is 3.98. The zero-order chi connectivity index (χ0) is 10.5. The number of benzene rings is 1. The minimum absolute atomic E-state index is 0.343. The SMILES string of the molecule is CC1=CC2CC1(C)C=C2c1ccccc1. The normalized spacial score (nSPS) is 32.8. The largest absolute Gasteiger partial charge is 0.0772 e. The van der Waals surface area contributed by atoms with Crippen LogP contribution in [0.5, 0.6) is 0 Å². The summed E-state index contributed by atoms with van der Waals surface area (Å²) in [5.74, 6) is 0.664. The molecule has 0 aliphatic heterocycles. The molecule has 0 amide bonds. The smallest absolute Gasteiger partial charge is 0.00749 e. The maximum Gasteiger partial charge on any atom is 0.00749 e. The van der Waals surface area contributed by atoms with Crippen molar-refractivity contribution in [3.8, 4) is 0 Å². The van der Waals surface area contributed by atoms with E-state index in [1.807, 2.05) is 0 Å². The Morgan fingerprint density at radius 3 is 2.47 bits per heavy atom. The molecule has 0 heterocycles. The molecule has 2 atom stereocenters. The molecule has 1 aromatic carbocycles. The molecule has 76 valence electrons. The van der Waals surface area contributed by atoms with E-state index in [0.717, 1.165) is 0 Å². The van der Waals surface area contributed by atoms with E-state index in [1.54, 1.807) is 5.57 Å². The summed E-state index contributed by atoms with van der Waals surface area (Å²) < 4.78 is 0. The Kier molecular flexibility index (Phi) is 1.70. The van der Waals surface area contributed by atoms with Crippen molar-refractivity contribution in [2.24, 2.45) is 11.3 Å². The maximum atomic E-state index is 2.47. The van der Waals surface area contributed by atoms with Crippen LogP contribution >= 0.6 is 0 Å². The van der Waals surface area contributed by atoms with Crippen molar-refractivity contribution in [2.75, 3.05) is 0 Å². The lowest BCUT2D eigenvalue weighted by molar-refractivity contribution is 0.510. The van der Waals surface area contributed by atoms with Crippen LogP contribution in [-0.4, -0.2) is 0 Å². The van der Waals surface area contributed by atoms with Crippen molar-refractivity contribution in [3.05, 3.63) is 53.6 Å². The van der Waals surface area contributed by atoms with Gasteiger partial charge in [0.25, 0.3) is 0 Å². The van der Waals surface area contributed by atoms with E-state index >= 15 is 0 Å². The van der Waals surface area contributed by atoms with Gasteiger partial charge in [-0.15, -0.1) is 0 Å². The highest BCUT2D eigenvalue weighted by Crippen LogP contribution is 2.54. The summed E-state index contributed by atoms with van der Waals surface area (Å²) in [5, 5.41) is 0. The van der Waals surface area contributed by atoms with E-state index < -0.39 is 0 Å². The van der Waals surface area contributed by atoms with Gasteiger partial charge in [0.1, 0.15) is 0 Å². The highest BCUT2D eigenvalue weighted by atomic mass is 14.4. The fourth-order valence-electron chi connectivity index (χ4n) is 2.92. The second kappa shape index (κ2) is 2.85. The van der Waals surface area contributed by atoms with Crippen LogP contribution < -0.4 is 0 Å². The molecule has 2 unspecified atom stereocenters. The molecular formula is C15H16. The van der Waals surface area contributed by atoms with Crippen molar-refractivity contribution < 1.29 is 0 Å². The first-order valence-corrected chi connectivity index (χ1v) is 5.66. The fraction of sp³-hybridized carbons (Fsp3) is 0.333. The monoisotopic (exact) mass is 196 g/mol. The molecular weight excluding hydrogens is 180 g/mol. The van der Waals surface area contributed by atoms with E-state index in [0.29, 0.717) is 11.3 Å². The first kappa shape index (κ1) is 8.96. The van der Waals surface area contributed by atoms with Gasteiger partial charge in [-0.2, -0.15) is 0 Å². The third kappa shape index (κ3) is 1.21. The Bertz CT molecular complexity index is 450. The molecule has 0 heteroatoms. The Balaban J connectivity index is 2.04. The number of fused-ring (bicyclic) bond motifs is 2. The van der Waals surface area contributed by atoms with Crippen LogP contribution in [0.15, 0.2) is 48.1 Å². The van der Waals surface area contributed by atoms with Crippen LogP contribution in [0.25, 0.3) is 5.57 Å². The Morgan fingerprint density at radius 1 is 1.20 bits per heavy atom. The van der Waals surface area contributed by atoms with E-state index in [1.165, 1.54) is 17.6 Å². The molecule has 0 saturated heterocycles. The van der Waals surface area contributed by atoms with Gasteiger partial charge in [0.05, 0.1) is 0 Å². The first-order valence-electron chi connectivity index (χ1n) is 5.66. The highest BCUT2D eigenvalue weighted by Gasteiger charge is 2.41. The lowest BCUT2D eigenvalue weighted by atomic mass is 9.85. The van der Waals surface area contributed by atoms with Gasteiger partial charge in [-0.05, 0) is 24.5 Å². The summed E-state index contributed by atoms with van der Waals surface area (Å²) in [5.41, 5.74) is 4.82. The van der Waals surface area contributed by atoms with Gasteiger partial charge in [-0.25, -0.2) is 0 Å². The van der Waals surface area contributed by atoms with E-state index in [2.05, 4.69) is 56.3 Å². The predicted octanol–water partition coefficient (Wildman–Crippen LogP) is 4.06. The van der Waals surface area contributed by atoms with Gasteiger partial charge in [-0.1, -0.05) is 55.0 Å². The van der Waals surface area contributed by atoms with Crippen molar-refractivity contribution in [1.82, 2.24) is 0 Å². The molecule has 1 aromatic rings. The lowest BCUT2D eigenvalue weighted by Crippen LogP contribution is -2.07. The van der Waals surface area contributed by atoms with Gasteiger partial charge < -0.3 is 0 Å². The van der Waals surface area contributed by atoms with Crippen molar-refractivity contribution in [3.63, 3.8) is 0 Å². The zero-order valence-corrected chi connectivity index (χ0v) is 9.33. The van der Waals surface area contributed by atoms with Gasteiger partial charge >= 0.3 is 0 Å². The molecule has 2 bridgehead atoms. The molecule has 0 saturated carbocycles. The van der Waals surface area contributed by atoms with Crippen molar-refractivity contribution in [2.45, 2.75) is 20.3 Å². The topological polar surface area (TPSA) is 0 Å². The minimum atomic E-state index is 0.343. The van der Waals surface area contributed by atoms with Gasteiger partial charge in [0.2, 0.25) is 0 Å². The third-order valence-corrected chi connectivity index (χ3v) is 3.98. The summed E-state index contributed by atoms with van der Waals surface area (Å²) >= 11 is 0. The van der Waals surface area contributed by atoms with Crippen molar-refractivity contribution >= 4 is 5.57 Å². The molecule has 0 radical (unpaired) electrons. The van der Waals surface area contributed by atoms with Crippen LogP contribution in [0.1, 0.15) is 25.8 Å². The number of rotatable bonds is 1. The Hall–Kier alpha value is -1.30. The van der Waals surface area contributed by atoms with Crippen LogP contribution in [0.3, 0.4) is 0 Å². The average molecular weight is 196 g/mol. The van der Waals surface area contributed by atoms with Crippen LogP contribution in [-0.2, 0) is 0 Å². The summed E-state index contributed by atoms with van der Waals surface area (Å²) in [7, 11) is 0. The zero-order valence-electron chi connectivity index (χ0n) is 9.33. The minimum Gasteiger partial charge on any atom is -0.0772 e. The molecule has 3 rings (SSSR count).